The summed E-state index contributed by atoms with van der Waals surface area (Å²) >= 11 is 0. The first-order valence-corrected chi connectivity index (χ1v) is 9.43. The third kappa shape index (κ3) is 4.07. The van der Waals surface area contributed by atoms with Crippen molar-refractivity contribution in [1.82, 2.24) is 4.90 Å². The summed E-state index contributed by atoms with van der Waals surface area (Å²) in [5.74, 6) is 0.111. The zero-order valence-corrected chi connectivity index (χ0v) is 15.8. The molecule has 2 N–H and O–H groups in total. The van der Waals surface area contributed by atoms with E-state index in [9.17, 15) is 4.79 Å². The minimum atomic E-state index is 0.0598. The van der Waals surface area contributed by atoms with Crippen LogP contribution in [-0.2, 0) is 6.54 Å². The number of hydrogen-bond donors (Lipinski definition) is 1. The van der Waals surface area contributed by atoms with Gasteiger partial charge in [0, 0.05) is 37.4 Å². The lowest BCUT2D eigenvalue weighted by molar-refractivity contribution is 0.0777. The molecule has 1 amide bonds. The molecule has 0 saturated carbocycles. The molecule has 2 aromatic carbocycles. The van der Waals surface area contributed by atoms with Crippen molar-refractivity contribution in [2.75, 3.05) is 31.1 Å². The Bertz CT molecular complexity index is 729. The first-order valence-electron chi connectivity index (χ1n) is 9.43. The van der Waals surface area contributed by atoms with E-state index in [1.54, 1.807) is 0 Å². The summed E-state index contributed by atoms with van der Waals surface area (Å²) in [6, 6.07) is 18.5. The summed E-state index contributed by atoms with van der Waals surface area (Å²) in [4.78, 5) is 17.0. The highest BCUT2D eigenvalue weighted by molar-refractivity contribution is 5.94. The zero-order chi connectivity index (χ0) is 18.6. The predicted molar refractivity (Wildman–Crippen MR) is 107 cm³/mol. The average molecular weight is 351 g/mol. The van der Waals surface area contributed by atoms with E-state index < -0.39 is 0 Å². The highest BCUT2D eigenvalue weighted by Crippen LogP contribution is 2.29. The van der Waals surface area contributed by atoms with Gasteiger partial charge in [-0.2, -0.15) is 0 Å². The topological polar surface area (TPSA) is 49.6 Å². The summed E-state index contributed by atoms with van der Waals surface area (Å²) < 4.78 is 0. The Balaban J connectivity index is 1.68. The maximum atomic E-state index is 12.8. The summed E-state index contributed by atoms with van der Waals surface area (Å²) in [6.07, 6.45) is 0.980. The average Bonchev–Trinajstić information content (AvgIpc) is 3.09. The van der Waals surface area contributed by atoms with Gasteiger partial charge in [-0.25, -0.2) is 0 Å². The molecule has 1 fully saturated rings. The van der Waals surface area contributed by atoms with Crippen LogP contribution in [0.25, 0.3) is 0 Å². The Labute approximate surface area is 156 Å². The Hall–Kier alpha value is -2.33. The van der Waals surface area contributed by atoms with Gasteiger partial charge in [0.2, 0.25) is 0 Å². The molecule has 1 atom stereocenters. The lowest BCUT2D eigenvalue weighted by Crippen LogP contribution is -2.34. The lowest BCUT2D eigenvalue weighted by atomic mass is 9.90. The molecule has 2 aromatic rings. The number of benzene rings is 2. The van der Waals surface area contributed by atoms with Crippen LogP contribution >= 0.6 is 0 Å². The number of nitrogens with zero attached hydrogens (tertiary/aromatic N) is 2. The monoisotopic (exact) mass is 351 g/mol. The van der Waals surface area contributed by atoms with E-state index in [1.807, 2.05) is 23.1 Å². The Morgan fingerprint density at radius 1 is 1.15 bits per heavy atom. The van der Waals surface area contributed by atoms with Crippen LogP contribution in [0.15, 0.2) is 54.6 Å². The van der Waals surface area contributed by atoms with Gasteiger partial charge >= 0.3 is 0 Å². The largest absolute Gasteiger partial charge is 0.367 e. The number of carbonyl (C=O) groups excluding carboxylic acids is 1. The Kier molecular flexibility index (Phi) is 5.62. The van der Waals surface area contributed by atoms with Crippen LogP contribution in [0.1, 0.15) is 36.2 Å². The quantitative estimate of drug-likeness (QED) is 0.866. The molecule has 1 unspecified atom stereocenters. The number of anilines is 1. The van der Waals surface area contributed by atoms with Crippen molar-refractivity contribution in [2.24, 2.45) is 11.1 Å². The number of carbonyl (C=O) groups is 1. The van der Waals surface area contributed by atoms with Crippen LogP contribution in [0.5, 0.6) is 0 Å². The highest BCUT2D eigenvalue weighted by atomic mass is 16.2. The summed E-state index contributed by atoms with van der Waals surface area (Å²) in [7, 11) is 0. The van der Waals surface area contributed by atoms with E-state index in [4.69, 9.17) is 5.73 Å². The van der Waals surface area contributed by atoms with Crippen molar-refractivity contribution < 1.29 is 4.79 Å². The van der Waals surface area contributed by atoms with E-state index in [-0.39, 0.29) is 11.3 Å². The molecule has 3 rings (SSSR count). The normalized spacial score (nSPS) is 19.6. The maximum absolute atomic E-state index is 12.8. The van der Waals surface area contributed by atoms with Crippen LogP contribution in [0.2, 0.25) is 0 Å². The summed E-state index contributed by atoms with van der Waals surface area (Å²) in [5.41, 5.74) is 9.10. The number of nitrogens with two attached hydrogens (primary N) is 1. The SMILES string of the molecule is CCN(Cc1ccccc1)c1ccc(C(=O)N2CCC(C)(CN)C2)cc1. The summed E-state index contributed by atoms with van der Waals surface area (Å²) in [6.45, 7) is 8.27. The third-order valence-electron chi connectivity index (χ3n) is 5.42. The molecule has 138 valence electrons. The molecule has 1 aliphatic heterocycles. The van der Waals surface area contributed by atoms with Crippen molar-refractivity contribution in [2.45, 2.75) is 26.8 Å². The van der Waals surface area contributed by atoms with E-state index in [1.165, 1.54) is 5.56 Å². The van der Waals surface area contributed by atoms with Crippen molar-refractivity contribution >= 4 is 11.6 Å². The molecule has 1 aliphatic rings. The van der Waals surface area contributed by atoms with E-state index >= 15 is 0 Å². The fraction of sp³-hybridized carbons (Fsp3) is 0.409. The standard InChI is InChI=1S/C22H29N3O/c1-3-24(15-18-7-5-4-6-8-18)20-11-9-19(10-12-20)21(26)25-14-13-22(2,16-23)17-25/h4-12H,3,13-17,23H2,1-2H3. The minimum absolute atomic E-state index is 0.0598. The summed E-state index contributed by atoms with van der Waals surface area (Å²) in [5, 5.41) is 0. The van der Waals surface area contributed by atoms with Crippen LogP contribution in [-0.4, -0.2) is 37.0 Å². The molecule has 0 spiro atoms. The number of hydrogen-bond acceptors (Lipinski definition) is 3. The van der Waals surface area contributed by atoms with Crippen molar-refractivity contribution in [3.63, 3.8) is 0 Å². The molecule has 4 nitrogen and oxygen atoms in total. The van der Waals surface area contributed by atoms with Gasteiger partial charge in [-0.05, 0) is 55.1 Å². The second kappa shape index (κ2) is 7.92. The lowest BCUT2D eigenvalue weighted by Gasteiger charge is -2.24. The zero-order valence-electron chi connectivity index (χ0n) is 15.8. The Morgan fingerprint density at radius 2 is 1.85 bits per heavy atom. The second-order valence-corrected chi connectivity index (χ2v) is 7.54. The molecule has 1 heterocycles. The van der Waals surface area contributed by atoms with Gasteiger partial charge in [-0.1, -0.05) is 37.3 Å². The van der Waals surface area contributed by atoms with E-state index in [0.29, 0.717) is 6.54 Å². The molecule has 4 heteroatoms. The first kappa shape index (κ1) is 18.5. The third-order valence-corrected chi connectivity index (χ3v) is 5.42. The molecular formula is C22H29N3O. The van der Waals surface area contributed by atoms with Crippen LogP contribution in [0.4, 0.5) is 5.69 Å². The molecule has 0 bridgehead atoms. The van der Waals surface area contributed by atoms with Gasteiger partial charge in [-0.15, -0.1) is 0 Å². The Morgan fingerprint density at radius 3 is 2.42 bits per heavy atom. The van der Waals surface area contributed by atoms with Crippen LogP contribution in [0, 0.1) is 5.41 Å². The highest BCUT2D eigenvalue weighted by Gasteiger charge is 2.35. The molecular weight excluding hydrogens is 322 g/mol. The number of likely N-dealkylation sites (tertiary alicyclic amines) is 1. The van der Waals surface area contributed by atoms with Gasteiger partial charge in [0.15, 0.2) is 0 Å². The van der Waals surface area contributed by atoms with E-state index in [0.717, 1.165) is 43.9 Å². The molecule has 0 aromatic heterocycles. The minimum Gasteiger partial charge on any atom is -0.367 e. The maximum Gasteiger partial charge on any atom is 0.253 e. The van der Waals surface area contributed by atoms with Crippen molar-refractivity contribution in [3.05, 3.63) is 65.7 Å². The van der Waals surface area contributed by atoms with Gasteiger partial charge in [0.05, 0.1) is 0 Å². The van der Waals surface area contributed by atoms with E-state index in [2.05, 4.69) is 55.1 Å². The molecule has 26 heavy (non-hydrogen) atoms. The van der Waals surface area contributed by atoms with Gasteiger partial charge in [0.1, 0.15) is 0 Å². The van der Waals surface area contributed by atoms with Gasteiger partial charge < -0.3 is 15.5 Å². The molecule has 1 saturated heterocycles. The van der Waals surface area contributed by atoms with Crippen LogP contribution < -0.4 is 10.6 Å². The number of amides is 1. The van der Waals surface area contributed by atoms with Crippen molar-refractivity contribution in [1.29, 1.82) is 0 Å². The van der Waals surface area contributed by atoms with Crippen molar-refractivity contribution in [3.8, 4) is 0 Å². The predicted octanol–water partition coefficient (Wildman–Crippen LogP) is 3.52. The van der Waals surface area contributed by atoms with Gasteiger partial charge in [-0.3, -0.25) is 4.79 Å². The smallest absolute Gasteiger partial charge is 0.253 e. The first-order chi connectivity index (χ1) is 12.5. The fourth-order valence-electron chi connectivity index (χ4n) is 3.55. The fourth-order valence-corrected chi connectivity index (χ4v) is 3.55. The second-order valence-electron chi connectivity index (χ2n) is 7.54. The molecule has 0 aliphatic carbocycles. The molecule has 0 radical (unpaired) electrons. The number of rotatable bonds is 6. The van der Waals surface area contributed by atoms with Gasteiger partial charge in [0.25, 0.3) is 5.91 Å². The van der Waals surface area contributed by atoms with Crippen LogP contribution in [0.3, 0.4) is 0 Å².